The van der Waals surface area contributed by atoms with Gasteiger partial charge in [-0.05, 0) is 56.5 Å². The summed E-state index contributed by atoms with van der Waals surface area (Å²) in [6.45, 7) is 9.90. The average Bonchev–Trinajstić information content (AvgIpc) is 3.28. The van der Waals surface area contributed by atoms with Crippen molar-refractivity contribution in [2.24, 2.45) is 5.92 Å². The fraction of sp³-hybridized carbons (Fsp3) is 0.647. The number of likely N-dealkylation sites (N-methyl/N-ethyl adjacent to an activating group) is 1. The van der Waals surface area contributed by atoms with Gasteiger partial charge < -0.3 is 10.2 Å². The van der Waals surface area contributed by atoms with Gasteiger partial charge in [0.25, 0.3) is 0 Å². The molecule has 20 heavy (non-hydrogen) atoms. The van der Waals surface area contributed by atoms with Crippen LogP contribution in [0.5, 0.6) is 0 Å². The summed E-state index contributed by atoms with van der Waals surface area (Å²) < 4.78 is 13.1. The molecule has 1 aliphatic carbocycles. The quantitative estimate of drug-likeness (QED) is 0.781. The summed E-state index contributed by atoms with van der Waals surface area (Å²) in [7, 11) is 0. The van der Waals surface area contributed by atoms with Gasteiger partial charge in [0.2, 0.25) is 0 Å². The van der Waals surface area contributed by atoms with E-state index in [1.165, 1.54) is 18.4 Å². The minimum absolute atomic E-state index is 0.153. The van der Waals surface area contributed by atoms with E-state index in [1.807, 2.05) is 12.1 Å². The Morgan fingerprint density at radius 2 is 1.80 bits per heavy atom. The summed E-state index contributed by atoms with van der Waals surface area (Å²) in [5, 5.41) is 3.75. The molecule has 0 aliphatic heterocycles. The van der Waals surface area contributed by atoms with Crippen molar-refractivity contribution in [3.05, 3.63) is 35.6 Å². The second kappa shape index (κ2) is 7.19. The Morgan fingerprint density at radius 1 is 1.20 bits per heavy atom. The topological polar surface area (TPSA) is 15.3 Å². The predicted molar refractivity (Wildman–Crippen MR) is 82.3 cm³/mol. The van der Waals surface area contributed by atoms with Gasteiger partial charge in [-0.2, -0.15) is 0 Å². The molecule has 3 heteroatoms. The van der Waals surface area contributed by atoms with Gasteiger partial charge in [-0.25, -0.2) is 4.39 Å². The van der Waals surface area contributed by atoms with E-state index >= 15 is 0 Å². The number of benzene rings is 1. The van der Waals surface area contributed by atoms with Crippen molar-refractivity contribution in [3.8, 4) is 0 Å². The first-order valence-electron chi connectivity index (χ1n) is 7.87. The number of nitrogens with one attached hydrogen (secondary N) is 1. The summed E-state index contributed by atoms with van der Waals surface area (Å²) in [5.74, 6) is 0.569. The molecule has 2 unspecified atom stereocenters. The molecule has 0 amide bonds. The van der Waals surface area contributed by atoms with Crippen LogP contribution in [0.25, 0.3) is 0 Å². The van der Waals surface area contributed by atoms with Crippen molar-refractivity contribution < 1.29 is 4.39 Å². The maximum atomic E-state index is 13.1. The molecule has 1 fully saturated rings. The van der Waals surface area contributed by atoms with E-state index in [9.17, 15) is 4.39 Å². The van der Waals surface area contributed by atoms with Crippen LogP contribution in [-0.2, 0) is 0 Å². The van der Waals surface area contributed by atoms with Crippen LogP contribution in [0.15, 0.2) is 24.3 Å². The Morgan fingerprint density at radius 3 is 2.30 bits per heavy atom. The van der Waals surface area contributed by atoms with Crippen molar-refractivity contribution >= 4 is 0 Å². The lowest BCUT2D eigenvalue weighted by atomic mass is 10.0. The van der Waals surface area contributed by atoms with Crippen LogP contribution in [0.3, 0.4) is 0 Å². The zero-order valence-electron chi connectivity index (χ0n) is 12.9. The number of nitrogens with zero attached hydrogens (tertiary/aromatic N) is 1. The average molecular weight is 278 g/mol. The highest BCUT2D eigenvalue weighted by atomic mass is 19.1. The highest BCUT2D eigenvalue weighted by Crippen LogP contribution is 2.41. The van der Waals surface area contributed by atoms with E-state index in [0.29, 0.717) is 12.1 Å². The molecule has 0 saturated heterocycles. The summed E-state index contributed by atoms with van der Waals surface area (Å²) in [6, 6.07) is 7.82. The van der Waals surface area contributed by atoms with E-state index in [0.717, 1.165) is 25.6 Å². The van der Waals surface area contributed by atoms with Gasteiger partial charge >= 0.3 is 0 Å². The molecule has 1 saturated carbocycles. The van der Waals surface area contributed by atoms with Crippen LogP contribution >= 0.6 is 0 Å². The van der Waals surface area contributed by atoms with E-state index in [-0.39, 0.29) is 5.82 Å². The lowest BCUT2D eigenvalue weighted by Gasteiger charge is -2.28. The molecule has 2 atom stereocenters. The molecule has 1 aromatic carbocycles. The Kier molecular flexibility index (Phi) is 5.55. The molecule has 2 rings (SSSR count). The Balaban J connectivity index is 1.97. The normalized spacial score (nSPS) is 18.2. The summed E-state index contributed by atoms with van der Waals surface area (Å²) in [6.07, 6.45) is 2.57. The van der Waals surface area contributed by atoms with Crippen LogP contribution in [0.2, 0.25) is 0 Å². The van der Waals surface area contributed by atoms with Crippen molar-refractivity contribution in [3.63, 3.8) is 0 Å². The van der Waals surface area contributed by atoms with E-state index in [4.69, 9.17) is 0 Å². The van der Waals surface area contributed by atoms with Crippen LogP contribution < -0.4 is 5.32 Å². The van der Waals surface area contributed by atoms with Gasteiger partial charge in [-0.1, -0.05) is 26.0 Å². The second-order valence-electron chi connectivity index (χ2n) is 5.92. The molecule has 0 heterocycles. The largest absolute Gasteiger partial charge is 0.306 e. The zero-order valence-corrected chi connectivity index (χ0v) is 12.9. The molecule has 112 valence electrons. The lowest BCUT2D eigenvalue weighted by molar-refractivity contribution is 0.257. The lowest BCUT2D eigenvalue weighted by Crippen LogP contribution is -2.41. The third-order valence-corrected chi connectivity index (χ3v) is 4.21. The molecule has 2 nitrogen and oxygen atoms in total. The summed E-state index contributed by atoms with van der Waals surface area (Å²) in [4.78, 5) is 2.44. The molecule has 1 aromatic rings. The molecule has 1 aliphatic rings. The van der Waals surface area contributed by atoms with Gasteiger partial charge in [0, 0.05) is 18.6 Å². The van der Waals surface area contributed by atoms with Gasteiger partial charge in [-0.3, -0.25) is 0 Å². The van der Waals surface area contributed by atoms with E-state index in [2.05, 4.69) is 31.0 Å². The fourth-order valence-electron chi connectivity index (χ4n) is 2.83. The summed E-state index contributed by atoms with van der Waals surface area (Å²) >= 11 is 0. The molecular weight excluding hydrogens is 251 g/mol. The third kappa shape index (κ3) is 4.29. The Bertz CT molecular complexity index is 396. The third-order valence-electron chi connectivity index (χ3n) is 4.21. The van der Waals surface area contributed by atoms with E-state index < -0.39 is 0 Å². The fourth-order valence-corrected chi connectivity index (χ4v) is 2.83. The van der Waals surface area contributed by atoms with Crippen molar-refractivity contribution in [1.29, 1.82) is 0 Å². The molecule has 0 radical (unpaired) electrons. The Labute approximate surface area is 122 Å². The maximum absolute atomic E-state index is 13.1. The van der Waals surface area contributed by atoms with Crippen LogP contribution in [-0.4, -0.2) is 30.6 Å². The van der Waals surface area contributed by atoms with Crippen LogP contribution in [0, 0.1) is 11.7 Å². The number of hydrogen-bond acceptors (Lipinski definition) is 2. The first kappa shape index (κ1) is 15.5. The van der Waals surface area contributed by atoms with Crippen LogP contribution in [0.4, 0.5) is 4.39 Å². The molecule has 1 N–H and O–H groups in total. The number of rotatable bonds is 8. The smallest absolute Gasteiger partial charge is 0.123 e. The van der Waals surface area contributed by atoms with Gasteiger partial charge in [0.05, 0.1) is 0 Å². The minimum atomic E-state index is -0.153. The Hall–Kier alpha value is -0.930. The first-order valence-corrected chi connectivity index (χ1v) is 7.87. The maximum Gasteiger partial charge on any atom is 0.123 e. The van der Waals surface area contributed by atoms with Gasteiger partial charge in [0.1, 0.15) is 5.82 Å². The molecular formula is C17H27FN2. The SMILES string of the molecule is CCN(CC)CC(C)NC(c1ccc(F)cc1)C1CC1. The number of hydrogen-bond donors (Lipinski definition) is 1. The standard InChI is InChI=1S/C17H27FN2/c1-4-20(5-2)12-13(3)19-17(14-6-7-14)15-8-10-16(18)11-9-15/h8-11,13-14,17,19H,4-7,12H2,1-3H3. The first-order chi connectivity index (χ1) is 9.63. The highest BCUT2D eigenvalue weighted by Gasteiger charge is 2.33. The zero-order chi connectivity index (χ0) is 14.5. The second-order valence-corrected chi connectivity index (χ2v) is 5.92. The minimum Gasteiger partial charge on any atom is -0.306 e. The van der Waals surface area contributed by atoms with Gasteiger partial charge in [-0.15, -0.1) is 0 Å². The monoisotopic (exact) mass is 278 g/mol. The molecule has 0 bridgehead atoms. The van der Waals surface area contributed by atoms with Crippen molar-refractivity contribution in [2.45, 2.75) is 45.7 Å². The molecule has 0 spiro atoms. The molecule has 0 aromatic heterocycles. The van der Waals surface area contributed by atoms with Crippen molar-refractivity contribution in [1.82, 2.24) is 10.2 Å². The highest BCUT2D eigenvalue weighted by molar-refractivity contribution is 5.22. The summed E-state index contributed by atoms with van der Waals surface area (Å²) in [5.41, 5.74) is 1.22. The predicted octanol–water partition coefficient (Wildman–Crippen LogP) is 3.60. The number of halogens is 1. The van der Waals surface area contributed by atoms with Gasteiger partial charge in [0.15, 0.2) is 0 Å². The van der Waals surface area contributed by atoms with E-state index in [1.54, 1.807) is 12.1 Å². The van der Waals surface area contributed by atoms with Crippen molar-refractivity contribution in [2.75, 3.05) is 19.6 Å². The van der Waals surface area contributed by atoms with Crippen LogP contribution in [0.1, 0.15) is 45.2 Å².